The predicted molar refractivity (Wildman–Crippen MR) is 63.9 cm³/mol. The Labute approximate surface area is 112 Å². The lowest BCUT2D eigenvalue weighted by Gasteiger charge is -2.09. The molecule has 0 saturated carbocycles. The fourth-order valence-electron chi connectivity index (χ4n) is 1.61. The summed E-state index contributed by atoms with van der Waals surface area (Å²) in [5, 5.41) is 16.2. The van der Waals surface area contributed by atoms with Gasteiger partial charge in [0.1, 0.15) is 5.69 Å². The highest BCUT2D eigenvalue weighted by Gasteiger charge is 2.12. The first-order chi connectivity index (χ1) is 9.56. The van der Waals surface area contributed by atoms with Crippen LogP contribution in [-0.2, 0) is 11.2 Å². The molecule has 1 aromatic heterocycles. The Kier molecular flexibility index (Phi) is 4.24. The van der Waals surface area contributed by atoms with Crippen molar-refractivity contribution in [1.29, 1.82) is 0 Å². The number of benzene rings is 1. The van der Waals surface area contributed by atoms with E-state index in [9.17, 15) is 13.6 Å². The minimum atomic E-state index is -2.94. The molecule has 0 bridgehead atoms. The number of carboxylic acid groups (broad SMARTS) is 1. The van der Waals surface area contributed by atoms with E-state index < -0.39 is 12.6 Å². The number of alkyl halides is 2. The second-order valence-corrected chi connectivity index (χ2v) is 3.89. The summed E-state index contributed by atoms with van der Waals surface area (Å²) < 4.78 is 30.3. The van der Waals surface area contributed by atoms with Crippen molar-refractivity contribution in [1.82, 2.24) is 15.0 Å². The predicted octanol–water partition coefficient (Wildman–Crippen LogP) is 1.89. The van der Waals surface area contributed by atoms with Gasteiger partial charge in [-0.3, -0.25) is 4.79 Å². The maximum Gasteiger partial charge on any atom is 0.387 e. The van der Waals surface area contributed by atoms with Crippen LogP contribution in [0.25, 0.3) is 5.69 Å². The molecule has 1 aromatic carbocycles. The van der Waals surface area contributed by atoms with Crippen molar-refractivity contribution in [2.75, 3.05) is 0 Å². The first kappa shape index (κ1) is 13.9. The molecule has 0 saturated heterocycles. The SMILES string of the molecule is O=C(O)CCc1cn(-c2ccccc2OC(F)F)nn1. The second kappa shape index (κ2) is 6.09. The number of aryl methyl sites for hydroxylation is 1. The van der Waals surface area contributed by atoms with Crippen molar-refractivity contribution in [3.8, 4) is 11.4 Å². The zero-order chi connectivity index (χ0) is 14.5. The third-order valence-corrected chi connectivity index (χ3v) is 2.46. The summed E-state index contributed by atoms with van der Waals surface area (Å²) in [4.78, 5) is 10.5. The van der Waals surface area contributed by atoms with E-state index in [2.05, 4.69) is 15.0 Å². The minimum Gasteiger partial charge on any atom is -0.481 e. The maximum absolute atomic E-state index is 12.3. The number of aromatic nitrogens is 3. The number of carbonyl (C=O) groups is 1. The monoisotopic (exact) mass is 283 g/mol. The number of hydrogen-bond donors (Lipinski definition) is 1. The van der Waals surface area contributed by atoms with Crippen molar-refractivity contribution < 1.29 is 23.4 Å². The number of ether oxygens (including phenoxy) is 1. The average Bonchev–Trinajstić information content (AvgIpc) is 2.85. The molecule has 2 aromatic rings. The number of halogens is 2. The number of rotatable bonds is 6. The van der Waals surface area contributed by atoms with Crippen LogP contribution in [0.4, 0.5) is 8.78 Å². The van der Waals surface area contributed by atoms with Gasteiger partial charge in [0, 0.05) is 6.42 Å². The summed E-state index contributed by atoms with van der Waals surface area (Å²) in [5.41, 5.74) is 0.765. The van der Waals surface area contributed by atoms with E-state index in [0.717, 1.165) is 0 Å². The Morgan fingerprint density at radius 1 is 1.40 bits per heavy atom. The van der Waals surface area contributed by atoms with Gasteiger partial charge in [0.05, 0.1) is 18.3 Å². The van der Waals surface area contributed by atoms with Crippen LogP contribution in [0.2, 0.25) is 0 Å². The number of hydrogen-bond acceptors (Lipinski definition) is 4. The molecule has 0 aliphatic heterocycles. The van der Waals surface area contributed by atoms with Crippen LogP contribution in [-0.4, -0.2) is 32.7 Å². The smallest absolute Gasteiger partial charge is 0.387 e. The third-order valence-electron chi connectivity index (χ3n) is 2.46. The molecule has 0 spiro atoms. The normalized spacial score (nSPS) is 10.8. The Morgan fingerprint density at radius 3 is 2.85 bits per heavy atom. The van der Waals surface area contributed by atoms with Gasteiger partial charge >= 0.3 is 12.6 Å². The molecule has 0 aliphatic rings. The van der Waals surface area contributed by atoms with Crippen molar-refractivity contribution in [2.45, 2.75) is 19.5 Å². The van der Waals surface area contributed by atoms with E-state index in [0.29, 0.717) is 11.4 Å². The molecule has 1 N–H and O–H groups in total. The van der Waals surface area contributed by atoms with Crippen LogP contribution in [0.1, 0.15) is 12.1 Å². The molecular formula is C12H11F2N3O3. The molecule has 106 valence electrons. The average molecular weight is 283 g/mol. The first-order valence-corrected chi connectivity index (χ1v) is 5.73. The van der Waals surface area contributed by atoms with Gasteiger partial charge in [-0.15, -0.1) is 5.10 Å². The Bertz CT molecular complexity index is 601. The van der Waals surface area contributed by atoms with Crippen LogP contribution in [0.3, 0.4) is 0 Å². The molecule has 0 radical (unpaired) electrons. The molecule has 0 amide bonds. The molecule has 0 atom stereocenters. The molecule has 0 fully saturated rings. The summed E-state index contributed by atoms with van der Waals surface area (Å²) >= 11 is 0. The largest absolute Gasteiger partial charge is 0.481 e. The van der Waals surface area contributed by atoms with Crippen LogP contribution in [0, 0.1) is 0 Å². The molecule has 8 heteroatoms. The molecule has 1 heterocycles. The minimum absolute atomic E-state index is 0.0304. The van der Waals surface area contributed by atoms with Gasteiger partial charge in [-0.25, -0.2) is 4.68 Å². The fourth-order valence-corrected chi connectivity index (χ4v) is 1.61. The van der Waals surface area contributed by atoms with Crippen molar-refractivity contribution in [2.24, 2.45) is 0 Å². The van der Waals surface area contributed by atoms with Crippen LogP contribution in [0.15, 0.2) is 30.5 Å². The van der Waals surface area contributed by atoms with E-state index >= 15 is 0 Å². The Morgan fingerprint density at radius 2 is 2.15 bits per heavy atom. The van der Waals surface area contributed by atoms with E-state index in [1.807, 2.05) is 0 Å². The van der Waals surface area contributed by atoms with Crippen molar-refractivity contribution in [3.05, 3.63) is 36.2 Å². The lowest BCUT2D eigenvalue weighted by atomic mass is 10.2. The zero-order valence-corrected chi connectivity index (χ0v) is 10.2. The summed E-state index contributed by atoms with van der Waals surface area (Å²) in [6, 6.07) is 6.14. The molecule has 6 nitrogen and oxygen atoms in total. The Balaban J connectivity index is 2.21. The lowest BCUT2D eigenvalue weighted by Crippen LogP contribution is -2.06. The molecule has 0 unspecified atom stereocenters. The topological polar surface area (TPSA) is 77.2 Å². The highest BCUT2D eigenvalue weighted by Crippen LogP contribution is 2.23. The fraction of sp³-hybridized carbons (Fsp3) is 0.250. The lowest BCUT2D eigenvalue weighted by molar-refractivity contribution is -0.136. The first-order valence-electron chi connectivity index (χ1n) is 5.73. The van der Waals surface area contributed by atoms with E-state index in [4.69, 9.17) is 5.11 Å². The van der Waals surface area contributed by atoms with Gasteiger partial charge in [0.15, 0.2) is 5.75 Å². The molecule has 2 rings (SSSR count). The summed E-state index contributed by atoms with van der Waals surface area (Å²) in [6.07, 6.45) is 1.62. The van der Waals surface area contributed by atoms with Gasteiger partial charge in [0.25, 0.3) is 0 Å². The van der Waals surface area contributed by atoms with E-state index in [1.54, 1.807) is 18.2 Å². The van der Waals surface area contributed by atoms with Crippen LogP contribution >= 0.6 is 0 Å². The highest BCUT2D eigenvalue weighted by atomic mass is 19.3. The number of nitrogens with zero attached hydrogens (tertiary/aromatic N) is 3. The number of aliphatic carboxylic acids is 1. The van der Waals surface area contributed by atoms with Gasteiger partial charge in [-0.05, 0) is 12.1 Å². The van der Waals surface area contributed by atoms with E-state index in [-0.39, 0.29) is 18.6 Å². The quantitative estimate of drug-likeness (QED) is 0.876. The Hall–Kier alpha value is -2.51. The van der Waals surface area contributed by atoms with Crippen LogP contribution < -0.4 is 4.74 Å². The van der Waals surface area contributed by atoms with Gasteiger partial charge < -0.3 is 9.84 Å². The standard InChI is InChI=1S/C12H11F2N3O3/c13-12(14)20-10-4-2-1-3-9(10)17-7-8(15-16-17)5-6-11(18)19/h1-4,7,12H,5-6H2,(H,18,19). The molecule has 0 aliphatic carbocycles. The molecular weight excluding hydrogens is 272 g/mol. The number of para-hydroxylation sites is 2. The zero-order valence-electron chi connectivity index (χ0n) is 10.2. The van der Waals surface area contributed by atoms with Crippen molar-refractivity contribution >= 4 is 5.97 Å². The summed E-state index contributed by atoms with van der Waals surface area (Å²) in [7, 11) is 0. The molecule has 20 heavy (non-hydrogen) atoms. The second-order valence-electron chi connectivity index (χ2n) is 3.89. The number of carboxylic acids is 1. The third kappa shape index (κ3) is 3.50. The van der Waals surface area contributed by atoms with Gasteiger partial charge in [-0.1, -0.05) is 17.3 Å². The summed E-state index contributed by atoms with van der Waals surface area (Å²) in [5.74, 6) is -0.974. The maximum atomic E-state index is 12.3. The highest BCUT2D eigenvalue weighted by molar-refractivity contribution is 5.66. The van der Waals surface area contributed by atoms with Crippen molar-refractivity contribution in [3.63, 3.8) is 0 Å². The van der Waals surface area contributed by atoms with Crippen LogP contribution in [0.5, 0.6) is 5.75 Å². The van der Waals surface area contributed by atoms with E-state index in [1.165, 1.54) is 16.9 Å². The van der Waals surface area contributed by atoms with Gasteiger partial charge in [0.2, 0.25) is 0 Å². The summed E-state index contributed by atoms with van der Waals surface area (Å²) in [6.45, 7) is -2.94. The van der Waals surface area contributed by atoms with Gasteiger partial charge in [-0.2, -0.15) is 8.78 Å².